The second-order valence-electron chi connectivity index (χ2n) is 6.08. The van der Waals surface area contributed by atoms with Crippen molar-refractivity contribution in [2.24, 2.45) is 0 Å². The van der Waals surface area contributed by atoms with Crippen LogP contribution >= 0.6 is 0 Å². The molecule has 2 aromatic rings. The van der Waals surface area contributed by atoms with E-state index >= 15 is 0 Å². The number of aromatic nitrogens is 2. The number of nitro groups is 1. The number of benzene rings is 1. The minimum absolute atomic E-state index is 0.106. The van der Waals surface area contributed by atoms with Gasteiger partial charge in [0.1, 0.15) is 5.69 Å². The average molecular weight is 387 g/mol. The number of rotatable bonds is 6. The maximum absolute atomic E-state index is 11.7. The Kier molecular flexibility index (Phi) is 5.99. The summed E-state index contributed by atoms with van der Waals surface area (Å²) < 4.78 is 10.3. The molecule has 10 nitrogen and oxygen atoms in total. The van der Waals surface area contributed by atoms with Gasteiger partial charge in [-0.25, -0.2) is 9.78 Å². The molecule has 0 aliphatic carbocycles. The number of anilines is 3. The first kappa shape index (κ1) is 19.5. The van der Waals surface area contributed by atoms with E-state index in [1.54, 1.807) is 38.1 Å². The Morgan fingerprint density at radius 2 is 1.96 bits per heavy atom. The Balaban J connectivity index is 1.87. The van der Waals surface area contributed by atoms with E-state index in [0.717, 1.165) is 0 Å². The van der Waals surface area contributed by atoms with Crippen LogP contribution in [0.5, 0.6) is 0 Å². The van der Waals surface area contributed by atoms with Crippen molar-refractivity contribution in [3.05, 3.63) is 45.6 Å². The highest BCUT2D eigenvalue weighted by Crippen LogP contribution is 2.31. The van der Waals surface area contributed by atoms with Crippen molar-refractivity contribution in [3.8, 4) is 0 Å². The van der Waals surface area contributed by atoms with Crippen LogP contribution in [0.3, 0.4) is 0 Å². The smallest absolute Gasteiger partial charge is 0.338 e. The molecule has 1 N–H and O–H groups in total. The zero-order valence-corrected chi connectivity index (χ0v) is 15.7. The number of hydrogen-bond donors (Lipinski definition) is 1. The van der Waals surface area contributed by atoms with Crippen LogP contribution in [0.25, 0.3) is 0 Å². The van der Waals surface area contributed by atoms with Crippen LogP contribution in [-0.2, 0) is 9.47 Å². The molecule has 0 atom stereocenters. The predicted octanol–water partition coefficient (Wildman–Crippen LogP) is 2.45. The molecule has 0 spiro atoms. The van der Waals surface area contributed by atoms with E-state index in [9.17, 15) is 14.9 Å². The van der Waals surface area contributed by atoms with Gasteiger partial charge in [-0.15, -0.1) is 0 Å². The van der Waals surface area contributed by atoms with Crippen molar-refractivity contribution in [1.29, 1.82) is 0 Å². The number of morpholine rings is 1. The van der Waals surface area contributed by atoms with Crippen LogP contribution in [0.4, 0.5) is 23.1 Å². The SMILES string of the molecule is CCOC(=O)c1ccc(Nc2nc(C)c([N+](=O)[O-])c(N3CCOCC3)n2)cc1. The first-order valence-corrected chi connectivity index (χ1v) is 8.89. The van der Waals surface area contributed by atoms with E-state index < -0.39 is 10.9 Å². The van der Waals surface area contributed by atoms with Crippen LogP contribution in [0.15, 0.2) is 24.3 Å². The maximum Gasteiger partial charge on any atom is 0.338 e. The monoisotopic (exact) mass is 387 g/mol. The van der Waals surface area contributed by atoms with E-state index in [2.05, 4.69) is 15.3 Å². The fraction of sp³-hybridized carbons (Fsp3) is 0.389. The fourth-order valence-corrected chi connectivity index (χ4v) is 2.85. The Labute approximate surface area is 161 Å². The zero-order valence-electron chi connectivity index (χ0n) is 15.7. The van der Waals surface area contributed by atoms with Crippen molar-refractivity contribution in [3.63, 3.8) is 0 Å². The number of carbonyl (C=O) groups excluding carboxylic acids is 1. The normalized spacial score (nSPS) is 13.9. The second-order valence-corrected chi connectivity index (χ2v) is 6.08. The highest BCUT2D eigenvalue weighted by Gasteiger charge is 2.27. The molecule has 0 saturated carbocycles. The molecule has 28 heavy (non-hydrogen) atoms. The molecule has 1 aromatic carbocycles. The van der Waals surface area contributed by atoms with Gasteiger partial charge in [-0.05, 0) is 38.1 Å². The lowest BCUT2D eigenvalue weighted by Crippen LogP contribution is -2.37. The van der Waals surface area contributed by atoms with Gasteiger partial charge in [-0.3, -0.25) is 10.1 Å². The minimum atomic E-state index is -0.460. The van der Waals surface area contributed by atoms with Gasteiger partial charge in [-0.2, -0.15) is 4.98 Å². The Morgan fingerprint density at radius 3 is 2.57 bits per heavy atom. The highest BCUT2D eigenvalue weighted by atomic mass is 16.6. The molecular weight excluding hydrogens is 366 g/mol. The second kappa shape index (κ2) is 8.61. The van der Waals surface area contributed by atoms with Gasteiger partial charge < -0.3 is 19.7 Å². The van der Waals surface area contributed by atoms with E-state index in [0.29, 0.717) is 44.2 Å². The lowest BCUT2D eigenvalue weighted by atomic mass is 10.2. The summed E-state index contributed by atoms with van der Waals surface area (Å²) in [7, 11) is 0. The third-order valence-corrected chi connectivity index (χ3v) is 4.19. The summed E-state index contributed by atoms with van der Waals surface area (Å²) in [6, 6.07) is 6.64. The Bertz CT molecular complexity index is 865. The molecule has 1 aromatic heterocycles. The molecule has 0 radical (unpaired) electrons. The quantitative estimate of drug-likeness (QED) is 0.452. The molecule has 148 valence electrons. The number of hydrogen-bond acceptors (Lipinski definition) is 9. The molecular formula is C18H21N5O5. The summed E-state index contributed by atoms with van der Waals surface area (Å²) in [5.74, 6) is 0.117. The largest absolute Gasteiger partial charge is 0.462 e. The van der Waals surface area contributed by atoms with Crippen molar-refractivity contribution < 1.29 is 19.2 Å². The summed E-state index contributed by atoms with van der Waals surface area (Å²) in [5.41, 5.74) is 1.24. The van der Waals surface area contributed by atoms with Gasteiger partial charge in [-0.1, -0.05) is 0 Å². The zero-order chi connectivity index (χ0) is 20.1. The molecule has 2 heterocycles. The number of ether oxygens (including phenoxy) is 2. The van der Waals surface area contributed by atoms with E-state index in [1.807, 2.05) is 4.90 Å². The molecule has 0 bridgehead atoms. The predicted molar refractivity (Wildman–Crippen MR) is 102 cm³/mol. The average Bonchev–Trinajstić information content (AvgIpc) is 2.68. The van der Waals surface area contributed by atoms with E-state index in [-0.39, 0.29) is 23.1 Å². The summed E-state index contributed by atoms with van der Waals surface area (Å²) in [5, 5.41) is 14.5. The lowest BCUT2D eigenvalue weighted by Gasteiger charge is -2.27. The molecule has 0 unspecified atom stereocenters. The molecule has 1 aliphatic rings. The van der Waals surface area contributed by atoms with Gasteiger partial charge in [0, 0.05) is 18.8 Å². The standard InChI is InChI=1S/C18H21N5O5/c1-3-28-17(24)13-4-6-14(7-5-13)20-18-19-12(2)15(23(25)26)16(21-18)22-8-10-27-11-9-22/h4-7H,3,8-11H2,1-2H3,(H,19,20,21). The van der Waals surface area contributed by atoms with E-state index in [4.69, 9.17) is 9.47 Å². The van der Waals surface area contributed by atoms with Crippen LogP contribution in [0, 0.1) is 17.0 Å². The number of carbonyl (C=O) groups is 1. The summed E-state index contributed by atoms with van der Waals surface area (Å²) >= 11 is 0. The number of nitrogens with zero attached hydrogens (tertiary/aromatic N) is 4. The molecule has 0 amide bonds. The highest BCUT2D eigenvalue weighted by molar-refractivity contribution is 5.89. The van der Waals surface area contributed by atoms with Crippen LogP contribution < -0.4 is 10.2 Å². The Hall–Kier alpha value is -3.27. The maximum atomic E-state index is 11.7. The van der Waals surface area contributed by atoms with Gasteiger partial charge in [0.25, 0.3) is 0 Å². The van der Waals surface area contributed by atoms with Gasteiger partial charge in [0.05, 0.1) is 30.3 Å². The van der Waals surface area contributed by atoms with Crippen LogP contribution in [-0.4, -0.2) is 53.8 Å². The molecule has 1 saturated heterocycles. The summed E-state index contributed by atoms with van der Waals surface area (Å²) in [6.07, 6.45) is 0. The van der Waals surface area contributed by atoms with Crippen LogP contribution in [0.1, 0.15) is 23.0 Å². The van der Waals surface area contributed by atoms with Crippen molar-refractivity contribution >= 4 is 29.1 Å². The molecule has 3 rings (SSSR count). The third-order valence-electron chi connectivity index (χ3n) is 4.19. The molecule has 1 aliphatic heterocycles. The summed E-state index contributed by atoms with van der Waals surface area (Å²) in [4.78, 5) is 33.2. The minimum Gasteiger partial charge on any atom is -0.462 e. The number of nitrogens with one attached hydrogen (secondary N) is 1. The van der Waals surface area contributed by atoms with Gasteiger partial charge in [0.2, 0.25) is 11.8 Å². The van der Waals surface area contributed by atoms with Crippen LogP contribution in [0.2, 0.25) is 0 Å². The van der Waals surface area contributed by atoms with Gasteiger partial charge >= 0.3 is 11.7 Å². The van der Waals surface area contributed by atoms with Crippen molar-refractivity contribution in [2.75, 3.05) is 43.1 Å². The lowest BCUT2D eigenvalue weighted by molar-refractivity contribution is -0.385. The topological polar surface area (TPSA) is 120 Å². The molecule has 1 fully saturated rings. The van der Waals surface area contributed by atoms with Crippen molar-refractivity contribution in [1.82, 2.24) is 9.97 Å². The number of aryl methyl sites for hydroxylation is 1. The third kappa shape index (κ3) is 4.34. The van der Waals surface area contributed by atoms with Gasteiger partial charge in [0.15, 0.2) is 0 Å². The van der Waals surface area contributed by atoms with E-state index in [1.165, 1.54) is 0 Å². The first-order valence-electron chi connectivity index (χ1n) is 8.89. The Morgan fingerprint density at radius 1 is 1.29 bits per heavy atom. The van der Waals surface area contributed by atoms with Crippen molar-refractivity contribution in [2.45, 2.75) is 13.8 Å². The summed E-state index contributed by atoms with van der Waals surface area (Å²) in [6.45, 7) is 5.64. The number of esters is 1. The fourth-order valence-electron chi connectivity index (χ4n) is 2.85. The molecule has 10 heteroatoms. The first-order chi connectivity index (χ1) is 13.5.